The van der Waals surface area contributed by atoms with E-state index in [-0.39, 0.29) is 11.9 Å². The summed E-state index contributed by atoms with van der Waals surface area (Å²) in [6.07, 6.45) is 1.60. The van der Waals surface area contributed by atoms with Crippen LogP contribution in [0.5, 0.6) is 0 Å². The molecule has 1 aliphatic heterocycles. The molecule has 8 heteroatoms. The molecule has 1 atom stereocenters. The number of rotatable bonds is 6. The molecule has 6 nitrogen and oxygen atoms in total. The number of anilines is 1. The summed E-state index contributed by atoms with van der Waals surface area (Å²) in [4.78, 5) is 14.7. The SMILES string of the molecule is Cc1c(Cl)cccc1NC(=O)C(C)N1CCN(S(=O)(=O)/C=C/c2ccccc2)CC1. The van der Waals surface area contributed by atoms with Crippen molar-refractivity contribution in [3.8, 4) is 0 Å². The van der Waals surface area contributed by atoms with E-state index in [1.807, 2.05) is 55.1 Å². The number of hydrogen-bond acceptors (Lipinski definition) is 4. The highest BCUT2D eigenvalue weighted by atomic mass is 35.5. The van der Waals surface area contributed by atoms with Gasteiger partial charge in [-0.05, 0) is 43.2 Å². The predicted octanol–water partition coefficient (Wildman–Crippen LogP) is 3.59. The molecule has 1 unspecified atom stereocenters. The monoisotopic (exact) mass is 447 g/mol. The minimum absolute atomic E-state index is 0.138. The van der Waals surface area contributed by atoms with Crippen molar-refractivity contribution in [1.29, 1.82) is 0 Å². The van der Waals surface area contributed by atoms with E-state index in [0.717, 1.165) is 11.1 Å². The van der Waals surface area contributed by atoms with E-state index in [1.54, 1.807) is 18.2 Å². The summed E-state index contributed by atoms with van der Waals surface area (Å²) in [7, 11) is -3.50. The van der Waals surface area contributed by atoms with Gasteiger partial charge in [-0.25, -0.2) is 8.42 Å². The van der Waals surface area contributed by atoms with Crippen LogP contribution >= 0.6 is 11.6 Å². The summed E-state index contributed by atoms with van der Waals surface area (Å²) in [5.41, 5.74) is 2.34. The van der Waals surface area contributed by atoms with E-state index in [1.165, 1.54) is 9.71 Å². The molecule has 0 saturated carbocycles. The third-order valence-electron chi connectivity index (χ3n) is 5.32. The van der Waals surface area contributed by atoms with Crippen molar-refractivity contribution in [1.82, 2.24) is 9.21 Å². The Morgan fingerprint density at radius 1 is 1.07 bits per heavy atom. The maximum Gasteiger partial charge on any atom is 0.241 e. The van der Waals surface area contributed by atoms with Crippen LogP contribution in [0, 0.1) is 6.92 Å². The van der Waals surface area contributed by atoms with E-state index >= 15 is 0 Å². The molecule has 160 valence electrons. The van der Waals surface area contributed by atoms with Crippen LogP contribution in [0.3, 0.4) is 0 Å². The van der Waals surface area contributed by atoms with Crippen LogP contribution in [0.25, 0.3) is 6.08 Å². The summed E-state index contributed by atoms with van der Waals surface area (Å²) in [5.74, 6) is -0.138. The first kappa shape index (κ1) is 22.5. The zero-order chi connectivity index (χ0) is 21.7. The molecule has 1 aliphatic rings. The molecule has 0 bridgehead atoms. The maximum atomic E-state index is 12.7. The Hall–Kier alpha value is -2.19. The van der Waals surface area contributed by atoms with Crippen LogP contribution in [0.15, 0.2) is 53.9 Å². The number of halogens is 1. The van der Waals surface area contributed by atoms with Gasteiger partial charge in [-0.2, -0.15) is 4.31 Å². The number of benzene rings is 2. The maximum absolute atomic E-state index is 12.7. The van der Waals surface area contributed by atoms with Crippen molar-refractivity contribution >= 4 is 39.3 Å². The molecule has 2 aromatic carbocycles. The Balaban J connectivity index is 1.57. The van der Waals surface area contributed by atoms with Crippen LogP contribution in [0.1, 0.15) is 18.1 Å². The summed E-state index contributed by atoms with van der Waals surface area (Å²) in [6, 6.07) is 14.3. The average Bonchev–Trinajstić information content (AvgIpc) is 2.76. The molecule has 1 N–H and O–H groups in total. The zero-order valence-electron chi connectivity index (χ0n) is 17.1. The fraction of sp³-hybridized carbons (Fsp3) is 0.318. The Bertz CT molecular complexity index is 1020. The molecule has 1 amide bonds. The van der Waals surface area contributed by atoms with Crippen LogP contribution in [-0.4, -0.2) is 55.8 Å². The van der Waals surface area contributed by atoms with Crippen molar-refractivity contribution in [2.45, 2.75) is 19.9 Å². The fourth-order valence-electron chi connectivity index (χ4n) is 3.31. The average molecular weight is 448 g/mol. The Morgan fingerprint density at radius 3 is 2.40 bits per heavy atom. The first-order valence-corrected chi connectivity index (χ1v) is 11.7. The summed E-state index contributed by atoms with van der Waals surface area (Å²) in [6.45, 7) is 5.34. The largest absolute Gasteiger partial charge is 0.324 e. The smallest absolute Gasteiger partial charge is 0.241 e. The number of amides is 1. The summed E-state index contributed by atoms with van der Waals surface area (Å²) in [5, 5.41) is 4.77. The first-order valence-electron chi connectivity index (χ1n) is 9.81. The van der Waals surface area contributed by atoms with E-state index < -0.39 is 10.0 Å². The normalized spacial score (nSPS) is 17.2. The molecular weight excluding hydrogens is 422 g/mol. The van der Waals surface area contributed by atoms with E-state index in [0.29, 0.717) is 36.9 Å². The van der Waals surface area contributed by atoms with Crippen molar-refractivity contribution in [3.63, 3.8) is 0 Å². The van der Waals surface area contributed by atoms with Crippen LogP contribution in [0.4, 0.5) is 5.69 Å². The number of piperazine rings is 1. The lowest BCUT2D eigenvalue weighted by Crippen LogP contribution is -2.53. The zero-order valence-corrected chi connectivity index (χ0v) is 18.7. The highest BCUT2D eigenvalue weighted by Gasteiger charge is 2.30. The van der Waals surface area contributed by atoms with Gasteiger partial charge in [-0.15, -0.1) is 0 Å². The Labute approximate surface area is 183 Å². The second-order valence-electron chi connectivity index (χ2n) is 7.27. The molecule has 0 spiro atoms. The van der Waals surface area contributed by atoms with Gasteiger partial charge in [-0.3, -0.25) is 9.69 Å². The second-order valence-corrected chi connectivity index (χ2v) is 9.50. The van der Waals surface area contributed by atoms with Gasteiger partial charge in [0.15, 0.2) is 0 Å². The van der Waals surface area contributed by atoms with Gasteiger partial charge < -0.3 is 5.32 Å². The van der Waals surface area contributed by atoms with Gasteiger partial charge in [0, 0.05) is 42.3 Å². The Kier molecular flexibility index (Phi) is 7.31. The third-order valence-corrected chi connectivity index (χ3v) is 7.29. The third kappa shape index (κ3) is 5.49. The minimum Gasteiger partial charge on any atom is -0.324 e. The number of hydrogen-bond donors (Lipinski definition) is 1. The molecule has 1 heterocycles. The molecule has 1 fully saturated rings. The summed E-state index contributed by atoms with van der Waals surface area (Å²) < 4.78 is 26.7. The van der Waals surface area contributed by atoms with Gasteiger partial charge in [0.2, 0.25) is 15.9 Å². The Morgan fingerprint density at radius 2 is 1.73 bits per heavy atom. The van der Waals surface area contributed by atoms with E-state index in [9.17, 15) is 13.2 Å². The lowest BCUT2D eigenvalue weighted by molar-refractivity contribution is -0.121. The fourth-order valence-corrected chi connectivity index (χ4v) is 4.65. The molecule has 0 aliphatic carbocycles. The molecule has 30 heavy (non-hydrogen) atoms. The van der Waals surface area contributed by atoms with E-state index in [2.05, 4.69) is 5.32 Å². The van der Waals surface area contributed by atoms with Gasteiger partial charge in [0.1, 0.15) is 0 Å². The number of nitrogens with zero attached hydrogens (tertiary/aromatic N) is 2. The molecule has 1 saturated heterocycles. The standard InChI is InChI=1S/C22H26ClN3O3S/c1-17-20(23)9-6-10-21(17)24-22(27)18(2)25-12-14-26(15-13-25)30(28,29)16-11-19-7-4-3-5-8-19/h3-11,16,18H,12-15H2,1-2H3,(H,24,27)/b16-11+. The van der Waals surface area contributed by atoms with Crippen molar-refractivity contribution in [3.05, 3.63) is 70.1 Å². The number of sulfonamides is 1. The quantitative estimate of drug-likeness (QED) is 0.734. The lowest BCUT2D eigenvalue weighted by Gasteiger charge is -2.36. The number of nitrogens with one attached hydrogen (secondary N) is 1. The van der Waals surface area contributed by atoms with Crippen molar-refractivity contribution in [2.24, 2.45) is 0 Å². The van der Waals surface area contributed by atoms with E-state index in [4.69, 9.17) is 11.6 Å². The van der Waals surface area contributed by atoms with Gasteiger partial charge in [0.05, 0.1) is 6.04 Å². The topological polar surface area (TPSA) is 69.7 Å². The van der Waals surface area contributed by atoms with Crippen molar-refractivity contribution in [2.75, 3.05) is 31.5 Å². The molecule has 0 radical (unpaired) electrons. The van der Waals surface area contributed by atoms with Gasteiger partial charge in [-0.1, -0.05) is 48.0 Å². The van der Waals surface area contributed by atoms with Crippen LogP contribution in [0.2, 0.25) is 5.02 Å². The number of carbonyl (C=O) groups excluding carboxylic acids is 1. The minimum atomic E-state index is -3.50. The highest BCUT2D eigenvalue weighted by molar-refractivity contribution is 7.92. The van der Waals surface area contributed by atoms with Gasteiger partial charge in [0.25, 0.3) is 0 Å². The van der Waals surface area contributed by atoms with Crippen LogP contribution < -0.4 is 5.32 Å². The van der Waals surface area contributed by atoms with Crippen LogP contribution in [-0.2, 0) is 14.8 Å². The highest BCUT2D eigenvalue weighted by Crippen LogP contribution is 2.23. The number of carbonyl (C=O) groups is 1. The summed E-state index contributed by atoms with van der Waals surface area (Å²) >= 11 is 6.12. The predicted molar refractivity (Wildman–Crippen MR) is 122 cm³/mol. The van der Waals surface area contributed by atoms with Crippen molar-refractivity contribution < 1.29 is 13.2 Å². The lowest BCUT2D eigenvalue weighted by atomic mass is 10.1. The molecule has 0 aromatic heterocycles. The molecule has 2 aromatic rings. The van der Waals surface area contributed by atoms with Gasteiger partial charge >= 0.3 is 0 Å². The first-order chi connectivity index (χ1) is 14.3. The molecular formula is C22H26ClN3O3S. The second kappa shape index (κ2) is 9.75. The molecule has 3 rings (SSSR count).